The maximum Gasteiger partial charge on any atom is 0.460 e. The molecule has 0 rings (SSSR count). The van der Waals surface area contributed by atoms with Gasteiger partial charge in [-0.15, -0.1) is 0 Å². The molecule has 0 saturated heterocycles. The first-order valence-corrected chi connectivity index (χ1v) is 9.10. The monoisotopic (exact) mass is 515 g/mol. The third kappa shape index (κ3) is 4.54. The van der Waals surface area contributed by atoms with Gasteiger partial charge in [0.05, 0.1) is 12.7 Å². The Kier molecular flexibility index (Phi) is 8.39. The van der Waals surface area contributed by atoms with Crippen LogP contribution in [0.25, 0.3) is 0 Å². The molecule has 0 aliphatic carbocycles. The Bertz CT molecular complexity index is 722. The second kappa shape index (κ2) is 8.69. The molecule has 1 unspecified atom stereocenters. The van der Waals surface area contributed by atoms with Gasteiger partial charge in [0.2, 0.25) is 0 Å². The molecule has 0 aliphatic heterocycles. The number of sulfonamides is 1. The Morgan fingerprint density at radius 2 is 1.16 bits per heavy atom. The van der Waals surface area contributed by atoms with E-state index in [9.17, 15) is 65.5 Å². The standard InChI is InChI=1S/C12H14F13NO4S/c1-2-3-26(4-6(28)5-27)31(29,30)12(24,25)10(19,20)8(15,16)7(13,14)9(17,18)11(21,22)23/h6,27-28H,2-5H2,1H3. The summed E-state index contributed by atoms with van der Waals surface area (Å²) in [6, 6.07) is 0. The molecule has 31 heavy (non-hydrogen) atoms. The fraction of sp³-hybridized carbons (Fsp3) is 1.00. The molecular formula is C12H14F13NO4S. The molecule has 1 atom stereocenters. The molecule has 0 aliphatic rings. The van der Waals surface area contributed by atoms with Gasteiger partial charge in [0, 0.05) is 13.1 Å². The summed E-state index contributed by atoms with van der Waals surface area (Å²) in [5.74, 6) is -32.5. The van der Waals surface area contributed by atoms with E-state index < -0.39 is 81.7 Å². The van der Waals surface area contributed by atoms with Crippen molar-refractivity contribution in [2.45, 2.75) is 54.6 Å². The van der Waals surface area contributed by atoms with Crippen molar-refractivity contribution in [3.63, 3.8) is 0 Å². The molecule has 0 saturated carbocycles. The van der Waals surface area contributed by atoms with Crippen molar-refractivity contribution in [1.29, 1.82) is 0 Å². The first-order chi connectivity index (χ1) is 13.4. The van der Waals surface area contributed by atoms with Crippen LogP contribution in [-0.2, 0) is 10.0 Å². The third-order valence-corrected chi connectivity index (χ3v) is 5.58. The van der Waals surface area contributed by atoms with Crippen LogP contribution >= 0.6 is 0 Å². The zero-order chi connectivity index (χ0) is 25.5. The van der Waals surface area contributed by atoms with Gasteiger partial charge in [-0.1, -0.05) is 6.92 Å². The molecule has 0 aromatic heterocycles. The SMILES string of the molecule is CCCN(CC(O)CO)S(=O)(=O)C(F)(F)C(F)(F)C(F)(F)C(F)(F)C(F)(F)C(F)(F)F. The zero-order valence-corrected chi connectivity index (χ0v) is 15.7. The van der Waals surface area contributed by atoms with Gasteiger partial charge >= 0.3 is 35.1 Å². The molecule has 0 spiro atoms. The molecule has 0 fully saturated rings. The molecule has 188 valence electrons. The summed E-state index contributed by atoms with van der Waals surface area (Å²) in [6.07, 6.45) is -10.4. The second-order valence-corrected chi connectivity index (χ2v) is 7.99. The average molecular weight is 515 g/mol. The Hall–Kier alpha value is -1.08. The van der Waals surface area contributed by atoms with Crippen LogP contribution in [0.2, 0.25) is 0 Å². The number of aliphatic hydroxyl groups is 2. The molecule has 0 bridgehead atoms. The van der Waals surface area contributed by atoms with Crippen LogP contribution in [0.15, 0.2) is 0 Å². The van der Waals surface area contributed by atoms with E-state index in [4.69, 9.17) is 10.2 Å². The number of nitrogens with zero attached hydrogens (tertiary/aromatic N) is 1. The lowest BCUT2D eigenvalue weighted by atomic mass is 9.98. The van der Waals surface area contributed by atoms with E-state index in [2.05, 4.69) is 0 Å². The van der Waals surface area contributed by atoms with E-state index in [1.165, 1.54) is 0 Å². The summed E-state index contributed by atoms with van der Waals surface area (Å²) in [5.41, 5.74) is 0. The molecule has 0 aromatic rings. The number of halogens is 13. The maximum absolute atomic E-state index is 14.0. The highest BCUT2D eigenvalue weighted by Gasteiger charge is 2.92. The summed E-state index contributed by atoms with van der Waals surface area (Å²) < 4.78 is 193. The van der Waals surface area contributed by atoms with Crippen molar-refractivity contribution in [2.24, 2.45) is 0 Å². The van der Waals surface area contributed by atoms with Gasteiger partial charge in [0.1, 0.15) is 0 Å². The Balaban J connectivity index is 6.67. The van der Waals surface area contributed by atoms with Crippen molar-refractivity contribution in [1.82, 2.24) is 4.31 Å². The third-order valence-electron chi connectivity index (χ3n) is 3.67. The lowest BCUT2D eigenvalue weighted by Crippen LogP contribution is -2.72. The highest BCUT2D eigenvalue weighted by Crippen LogP contribution is 2.61. The molecule has 0 amide bonds. The zero-order valence-electron chi connectivity index (χ0n) is 14.9. The van der Waals surface area contributed by atoms with Gasteiger partial charge in [-0.2, -0.15) is 61.4 Å². The molecule has 0 radical (unpaired) electrons. The fourth-order valence-electron chi connectivity index (χ4n) is 1.93. The van der Waals surface area contributed by atoms with Gasteiger partial charge < -0.3 is 10.2 Å². The van der Waals surface area contributed by atoms with Crippen LogP contribution in [-0.4, -0.2) is 83.9 Å². The van der Waals surface area contributed by atoms with E-state index in [0.29, 0.717) is 0 Å². The number of rotatable bonds is 11. The van der Waals surface area contributed by atoms with Crippen LogP contribution in [0.3, 0.4) is 0 Å². The van der Waals surface area contributed by atoms with Crippen LogP contribution in [0.1, 0.15) is 13.3 Å². The first kappa shape index (κ1) is 29.9. The van der Waals surface area contributed by atoms with E-state index >= 15 is 0 Å². The van der Waals surface area contributed by atoms with E-state index in [0.717, 1.165) is 6.92 Å². The van der Waals surface area contributed by atoms with Crippen molar-refractivity contribution < 1.29 is 75.7 Å². The van der Waals surface area contributed by atoms with Crippen LogP contribution in [0.4, 0.5) is 57.1 Å². The van der Waals surface area contributed by atoms with E-state index in [1.54, 1.807) is 0 Å². The van der Waals surface area contributed by atoms with Gasteiger partial charge in [-0.3, -0.25) is 0 Å². The number of hydrogen-bond acceptors (Lipinski definition) is 4. The van der Waals surface area contributed by atoms with Crippen LogP contribution < -0.4 is 0 Å². The molecule has 0 aromatic carbocycles. The molecule has 19 heteroatoms. The minimum atomic E-state index is -8.26. The molecule has 5 nitrogen and oxygen atoms in total. The summed E-state index contributed by atoms with van der Waals surface area (Å²) in [6.45, 7) is -3.31. The topological polar surface area (TPSA) is 77.8 Å². The molecule has 2 N–H and O–H groups in total. The lowest BCUT2D eigenvalue weighted by Gasteiger charge is -2.40. The minimum Gasteiger partial charge on any atom is -0.394 e. The number of alkyl halides is 13. The predicted octanol–water partition coefficient (Wildman–Crippen LogP) is 3.08. The lowest BCUT2D eigenvalue weighted by molar-refractivity contribution is -0.433. The van der Waals surface area contributed by atoms with E-state index in [1.807, 2.05) is 0 Å². The average Bonchev–Trinajstić information content (AvgIpc) is 2.59. The smallest absolute Gasteiger partial charge is 0.394 e. The molecular weight excluding hydrogens is 501 g/mol. The Morgan fingerprint density at radius 1 is 0.774 bits per heavy atom. The quantitative estimate of drug-likeness (QED) is 0.415. The van der Waals surface area contributed by atoms with Crippen LogP contribution in [0.5, 0.6) is 0 Å². The van der Waals surface area contributed by atoms with Crippen molar-refractivity contribution in [3.8, 4) is 0 Å². The van der Waals surface area contributed by atoms with Gasteiger partial charge in [0.15, 0.2) is 0 Å². The van der Waals surface area contributed by atoms with Crippen molar-refractivity contribution in [2.75, 3.05) is 19.7 Å². The highest BCUT2D eigenvalue weighted by atomic mass is 32.2. The Morgan fingerprint density at radius 3 is 1.48 bits per heavy atom. The predicted molar refractivity (Wildman–Crippen MR) is 74.7 cm³/mol. The maximum atomic E-state index is 14.0. The van der Waals surface area contributed by atoms with Crippen LogP contribution in [0, 0.1) is 0 Å². The van der Waals surface area contributed by atoms with Gasteiger partial charge in [-0.25, -0.2) is 8.42 Å². The largest absolute Gasteiger partial charge is 0.460 e. The summed E-state index contributed by atoms with van der Waals surface area (Å²) >= 11 is 0. The number of hydrogen-bond donors (Lipinski definition) is 2. The normalized spacial score (nSPS) is 16.7. The summed E-state index contributed by atoms with van der Waals surface area (Å²) in [7, 11) is -7.21. The second-order valence-electron chi connectivity index (χ2n) is 6.01. The summed E-state index contributed by atoms with van der Waals surface area (Å²) in [5, 5.41) is 10.3. The Labute approximate surface area is 165 Å². The van der Waals surface area contributed by atoms with Gasteiger partial charge in [-0.05, 0) is 6.42 Å². The fourth-order valence-corrected chi connectivity index (χ4v) is 3.50. The van der Waals surface area contributed by atoms with E-state index in [-0.39, 0.29) is 0 Å². The van der Waals surface area contributed by atoms with Crippen molar-refractivity contribution in [3.05, 3.63) is 0 Å². The minimum absolute atomic E-state index is 0.544. The molecule has 0 heterocycles. The van der Waals surface area contributed by atoms with Crippen molar-refractivity contribution >= 4 is 10.0 Å². The number of aliphatic hydroxyl groups excluding tert-OH is 2. The van der Waals surface area contributed by atoms with Gasteiger partial charge in [0.25, 0.3) is 10.0 Å². The summed E-state index contributed by atoms with van der Waals surface area (Å²) in [4.78, 5) is 0. The highest BCUT2D eigenvalue weighted by molar-refractivity contribution is 7.90. The first-order valence-electron chi connectivity index (χ1n) is 7.66.